The van der Waals surface area contributed by atoms with Crippen LogP contribution in [-0.4, -0.2) is 21.4 Å². The van der Waals surface area contributed by atoms with Crippen molar-refractivity contribution in [3.63, 3.8) is 0 Å². The van der Waals surface area contributed by atoms with E-state index in [4.69, 9.17) is 0 Å². The van der Waals surface area contributed by atoms with Gasteiger partial charge < -0.3 is 10.6 Å². The van der Waals surface area contributed by atoms with E-state index in [1.807, 2.05) is 39.0 Å². The van der Waals surface area contributed by atoms with Crippen molar-refractivity contribution in [1.29, 1.82) is 0 Å². The molecule has 0 radical (unpaired) electrons. The van der Waals surface area contributed by atoms with Crippen LogP contribution in [0, 0.1) is 6.92 Å². The molecule has 0 unspecified atom stereocenters. The van der Waals surface area contributed by atoms with E-state index in [0.29, 0.717) is 23.3 Å². The number of nitrogens with one attached hydrogen (secondary N) is 2. The van der Waals surface area contributed by atoms with Crippen LogP contribution in [0.15, 0.2) is 30.3 Å². The normalized spacial score (nSPS) is 11.5. The number of carbonyl (C=O) groups is 1. The molecule has 1 aromatic carbocycles. The fourth-order valence-electron chi connectivity index (χ4n) is 2.40. The van der Waals surface area contributed by atoms with Gasteiger partial charge in [-0.3, -0.25) is 4.79 Å². The lowest BCUT2D eigenvalue weighted by Crippen LogP contribution is -2.41. The topological polar surface area (TPSA) is 66.9 Å². The summed E-state index contributed by atoms with van der Waals surface area (Å²) in [6.45, 7) is 11.9. The summed E-state index contributed by atoms with van der Waals surface area (Å²) >= 11 is 0. The van der Waals surface area contributed by atoms with Gasteiger partial charge in [-0.05, 0) is 45.2 Å². The molecule has 0 bridgehead atoms. The summed E-state index contributed by atoms with van der Waals surface area (Å²) < 4.78 is 0. The molecule has 24 heavy (non-hydrogen) atoms. The molecule has 0 spiro atoms. The predicted molar refractivity (Wildman–Crippen MR) is 97.8 cm³/mol. The van der Waals surface area contributed by atoms with Gasteiger partial charge in [-0.15, -0.1) is 0 Å². The van der Waals surface area contributed by atoms with Crippen molar-refractivity contribution in [3.05, 3.63) is 47.4 Å². The van der Waals surface area contributed by atoms with Crippen molar-refractivity contribution in [2.24, 2.45) is 0 Å². The second kappa shape index (κ2) is 6.99. The maximum Gasteiger partial charge on any atom is 0.270 e. The van der Waals surface area contributed by atoms with Crippen LogP contribution in [-0.2, 0) is 0 Å². The second-order valence-corrected chi connectivity index (χ2v) is 7.26. The minimum atomic E-state index is -0.312. The average molecular weight is 326 g/mol. The molecule has 0 saturated carbocycles. The van der Waals surface area contributed by atoms with Crippen molar-refractivity contribution in [2.45, 2.75) is 53.0 Å². The number of hydrogen-bond acceptors (Lipinski definition) is 4. The van der Waals surface area contributed by atoms with Crippen LogP contribution in [0.3, 0.4) is 0 Å². The van der Waals surface area contributed by atoms with Crippen LogP contribution in [0.2, 0.25) is 0 Å². The van der Waals surface area contributed by atoms with Gasteiger partial charge >= 0.3 is 0 Å². The molecule has 1 aromatic heterocycles. The molecular formula is C19H26N4O. The summed E-state index contributed by atoms with van der Waals surface area (Å²) in [5.41, 5.74) is 2.25. The van der Waals surface area contributed by atoms with E-state index in [0.717, 1.165) is 5.69 Å². The first-order chi connectivity index (χ1) is 11.2. The lowest BCUT2D eigenvalue weighted by atomic mass is 10.0. The molecule has 5 nitrogen and oxygen atoms in total. The molecule has 2 aromatic rings. The summed E-state index contributed by atoms with van der Waals surface area (Å²) in [6, 6.07) is 9.80. The molecule has 0 aliphatic carbocycles. The Bertz CT molecular complexity index is 732. The zero-order valence-electron chi connectivity index (χ0n) is 15.3. The Hall–Kier alpha value is -2.43. The quantitative estimate of drug-likeness (QED) is 0.884. The smallest absolute Gasteiger partial charge is 0.270 e. The highest BCUT2D eigenvalue weighted by Gasteiger charge is 2.18. The third-order valence-corrected chi connectivity index (χ3v) is 3.40. The Balaban J connectivity index is 2.31. The van der Waals surface area contributed by atoms with Crippen molar-refractivity contribution in [3.8, 4) is 0 Å². The molecule has 0 atom stereocenters. The van der Waals surface area contributed by atoms with Crippen LogP contribution in [0.4, 0.5) is 11.5 Å². The van der Waals surface area contributed by atoms with Crippen LogP contribution >= 0.6 is 0 Å². The van der Waals surface area contributed by atoms with E-state index in [2.05, 4.69) is 40.5 Å². The van der Waals surface area contributed by atoms with E-state index in [1.54, 1.807) is 13.0 Å². The van der Waals surface area contributed by atoms with Gasteiger partial charge in [-0.1, -0.05) is 32.0 Å². The summed E-state index contributed by atoms with van der Waals surface area (Å²) in [7, 11) is 0. The van der Waals surface area contributed by atoms with E-state index >= 15 is 0 Å². The van der Waals surface area contributed by atoms with E-state index < -0.39 is 0 Å². The molecule has 0 fully saturated rings. The van der Waals surface area contributed by atoms with Crippen molar-refractivity contribution >= 4 is 17.4 Å². The number of carbonyl (C=O) groups excluding carboxylic acids is 1. The standard InChI is InChI=1S/C19H26N4O/c1-12(2)14-9-7-8-10-15(14)22-17-11-16(20-13(3)21-17)18(24)23-19(4,5)6/h7-12H,1-6H3,(H,23,24)(H,20,21,22). The zero-order valence-corrected chi connectivity index (χ0v) is 15.3. The molecule has 5 heteroatoms. The molecule has 0 aliphatic rings. The molecule has 1 amide bonds. The first kappa shape index (κ1) is 17.9. The van der Waals surface area contributed by atoms with E-state index in [-0.39, 0.29) is 11.4 Å². The van der Waals surface area contributed by atoms with Crippen LogP contribution in [0.5, 0.6) is 0 Å². The lowest BCUT2D eigenvalue weighted by molar-refractivity contribution is 0.0914. The molecule has 2 rings (SSSR count). The monoisotopic (exact) mass is 326 g/mol. The van der Waals surface area contributed by atoms with E-state index in [1.165, 1.54) is 5.56 Å². The van der Waals surface area contributed by atoms with Crippen LogP contribution < -0.4 is 10.6 Å². The Labute approximate surface area is 143 Å². The lowest BCUT2D eigenvalue weighted by Gasteiger charge is -2.20. The van der Waals surface area contributed by atoms with Crippen molar-refractivity contribution in [2.75, 3.05) is 5.32 Å². The highest BCUT2D eigenvalue weighted by atomic mass is 16.2. The average Bonchev–Trinajstić information content (AvgIpc) is 2.45. The number of rotatable bonds is 4. The number of para-hydroxylation sites is 1. The number of nitrogens with zero attached hydrogens (tertiary/aromatic N) is 2. The Morgan fingerprint density at radius 2 is 1.79 bits per heavy atom. The number of aromatic nitrogens is 2. The Kier molecular flexibility index (Phi) is 5.22. The number of amides is 1. The Morgan fingerprint density at radius 1 is 1.12 bits per heavy atom. The van der Waals surface area contributed by atoms with Crippen molar-refractivity contribution < 1.29 is 4.79 Å². The fraction of sp³-hybridized carbons (Fsp3) is 0.421. The van der Waals surface area contributed by atoms with Crippen molar-refractivity contribution in [1.82, 2.24) is 15.3 Å². The zero-order chi connectivity index (χ0) is 17.9. The number of aryl methyl sites for hydroxylation is 1. The molecule has 128 valence electrons. The van der Waals surface area contributed by atoms with Gasteiger partial charge in [0, 0.05) is 17.3 Å². The van der Waals surface area contributed by atoms with Gasteiger partial charge in [0.2, 0.25) is 0 Å². The highest BCUT2D eigenvalue weighted by Crippen LogP contribution is 2.26. The van der Waals surface area contributed by atoms with Gasteiger partial charge in [-0.25, -0.2) is 9.97 Å². The first-order valence-electron chi connectivity index (χ1n) is 8.20. The minimum absolute atomic E-state index is 0.201. The maximum atomic E-state index is 12.4. The minimum Gasteiger partial charge on any atom is -0.346 e. The largest absolute Gasteiger partial charge is 0.346 e. The SMILES string of the molecule is Cc1nc(Nc2ccccc2C(C)C)cc(C(=O)NC(C)(C)C)n1. The Morgan fingerprint density at radius 3 is 2.42 bits per heavy atom. The third-order valence-electron chi connectivity index (χ3n) is 3.40. The van der Waals surface area contributed by atoms with Gasteiger partial charge in [-0.2, -0.15) is 0 Å². The molecule has 0 saturated heterocycles. The summed E-state index contributed by atoms with van der Waals surface area (Å²) in [6.07, 6.45) is 0. The number of hydrogen-bond donors (Lipinski definition) is 2. The number of benzene rings is 1. The van der Waals surface area contributed by atoms with Gasteiger partial charge in [0.05, 0.1) is 0 Å². The third kappa shape index (κ3) is 4.78. The summed E-state index contributed by atoms with van der Waals surface area (Å²) in [4.78, 5) is 21.0. The summed E-state index contributed by atoms with van der Waals surface area (Å²) in [5, 5.41) is 6.25. The molecular weight excluding hydrogens is 300 g/mol. The van der Waals surface area contributed by atoms with Crippen LogP contribution in [0.1, 0.15) is 62.4 Å². The molecule has 1 heterocycles. The summed E-state index contributed by atoms with van der Waals surface area (Å²) in [5.74, 6) is 1.37. The molecule has 0 aliphatic heterocycles. The predicted octanol–water partition coefficient (Wildman–Crippen LogP) is 4.18. The van der Waals surface area contributed by atoms with Gasteiger partial charge in [0.15, 0.2) is 0 Å². The number of anilines is 2. The first-order valence-corrected chi connectivity index (χ1v) is 8.20. The van der Waals surface area contributed by atoms with Gasteiger partial charge in [0.25, 0.3) is 5.91 Å². The highest BCUT2D eigenvalue weighted by molar-refractivity contribution is 5.93. The van der Waals surface area contributed by atoms with Gasteiger partial charge in [0.1, 0.15) is 17.3 Å². The van der Waals surface area contributed by atoms with Crippen LogP contribution in [0.25, 0.3) is 0 Å². The molecule has 2 N–H and O–H groups in total. The second-order valence-electron chi connectivity index (χ2n) is 7.26. The fourth-order valence-corrected chi connectivity index (χ4v) is 2.40. The maximum absolute atomic E-state index is 12.4. The van der Waals surface area contributed by atoms with E-state index in [9.17, 15) is 4.79 Å².